The third kappa shape index (κ3) is 4.23. The Labute approximate surface area is 121 Å². The molecular weight excluding hydrogens is 276 g/mol. The van der Waals surface area contributed by atoms with Crippen molar-refractivity contribution in [3.63, 3.8) is 0 Å². The fourth-order valence-electron chi connectivity index (χ4n) is 1.80. The Morgan fingerprint density at radius 3 is 2.90 bits per heavy atom. The number of nitrogens with two attached hydrogens (primary N) is 1. The van der Waals surface area contributed by atoms with Gasteiger partial charge in [-0.15, -0.1) is 0 Å². The van der Waals surface area contributed by atoms with Crippen molar-refractivity contribution in [2.24, 2.45) is 5.92 Å². The van der Waals surface area contributed by atoms with Crippen molar-refractivity contribution in [3.8, 4) is 5.75 Å². The molecule has 0 spiro atoms. The molecule has 1 unspecified atom stereocenters. The second kappa shape index (κ2) is 6.74. The van der Waals surface area contributed by atoms with Gasteiger partial charge in [-0.2, -0.15) is 0 Å². The molecule has 1 fully saturated rings. The van der Waals surface area contributed by atoms with E-state index in [9.17, 15) is 9.00 Å². The molecule has 5 nitrogen and oxygen atoms in total. The number of ether oxygens (including phenoxy) is 1. The molecule has 0 heterocycles. The van der Waals surface area contributed by atoms with Gasteiger partial charge in [0.1, 0.15) is 11.5 Å². The minimum Gasteiger partial charge on any atom is -0.494 e. The predicted octanol–water partition coefficient (Wildman–Crippen LogP) is 1.30. The van der Waals surface area contributed by atoms with Gasteiger partial charge in [0.05, 0.1) is 22.3 Å². The second-order valence-electron chi connectivity index (χ2n) is 4.87. The molecule has 6 heteroatoms. The quantitative estimate of drug-likeness (QED) is 0.743. The molecule has 1 aliphatic rings. The van der Waals surface area contributed by atoms with E-state index < -0.39 is 10.8 Å². The van der Waals surface area contributed by atoms with Gasteiger partial charge in [-0.3, -0.25) is 9.00 Å². The van der Waals surface area contributed by atoms with Crippen molar-refractivity contribution in [2.45, 2.75) is 24.7 Å². The molecule has 1 aromatic rings. The van der Waals surface area contributed by atoms with Crippen LogP contribution in [0.5, 0.6) is 5.75 Å². The third-order valence-corrected chi connectivity index (χ3v) is 4.46. The lowest BCUT2D eigenvalue weighted by Crippen LogP contribution is -2.30. The van der Waals surface area contributed by atoms with E-state index in [1.165, 1.54) is 12.8 Å². The summed E-state index contributed by atoms with van der Waals surface area (Å²) in [6.07, 6.45) is 2.35. The van der Waals surface area contributed by atoms with Gasteiger partial charge < -0.3 is 15.8 Å². The number of hydrogen-bond acceptors (Lipinski definition) is 4. The van der Waals surface area contributed by atoms with Crippen LogP contribution >= 0.6 is 0 Å². The summed E-state index contributed by atoms with van der Waals surface area (Å²) in [7, 11) is -1.45. The molecule has 1 aliphatic carbocycles. The third-order valence-electron chi connectivity index (χ3n) is 3.09. The minimum atomic E-state index is -1.45. The normalized spacial score (nSPS) is 15.7. The first-order valence-electron chi connectivity index (χ1n) is 6.77. The topological polar surface area (TPSA) is 81.4 Å². The fourth-order valence-corrected chi connectivity index (χ4v) is 2.87. The molecule has 0 aliphatic heterocycles. The van der Waals surface area contributed by atoms with Gasteiger partial charge in [0, 0.05) is 12.2 Å². The Morgan fingerprint density at radius 1 is 1.50 bits per heavy atom. The Morgan fingerprint density at radius 2 is 2.25 bits per heavy atom. The number of carbonyl (C=O) groups excluding carboxylic acids is 1. The van der Waals surface area contributed by atoms with E-state index in [4.69, 9.17) is 10.5 Å². The summed E-state index contributed by atoms with van der Waals surface area (Å²) in [6.45, 7) is 3.08. The largest absolute Gasteiger partial charge is 0.494 e. The Balaban J connectivity index is 1.96. The monoisotopic (exact) mass is 296 g/mol. The van der Waals surface area contributed by atoms with Gasteiger partial charge >= 0.3 is 0 Å². The molecule has 0 aromatic heterocycles. The van der Waals surface area contributed by atoms with E-state index in [2.05, 4.69) is 5.32 Å². The molecule has 0 bridgehead atoms. The van der Waals surface area contributed by atoms with E-state index in [1.54, 1.807) is 18.2 Å². The molecular formula is C14H20N2O3S. The number of rotatable bonds is 7. The van der Waals surface area contributed by atoms with E-state index in [1.807, 2.05) is 6.92 Å². The lowest BCUT2D eigenvalue weighted by atomic mass is 10.3. The summed E-state index contributed by atoms with van der Waals surface area (Å²) < 4.78 is 17.6. The van der Waals surface area contributed by atoms with Crippen LogP contribution in [0.25, 0.3) is 0 Å². The summed E-state index contributed by atoms with van der Waals surface area (Å²) in [5, 5.41) is 2.80. The summed E-state index contributed by atoms with van der Waals surface area (Å²) in [4.78, 5) is 12.2. The fraction of sp³-hybridized carbons (Fsp3) is 0.500. The van der Waals surface area contributed by atoms with Crippen molar-refractivity contribution < 1.29 is 13.7 Å². The molecule has 1 amide bonds. The summed E-state index contributed by atoms with van der Waals surface area (Å²) in [5.74, 6) is 0.964. The standard InChI is InChI=1S/C14H20N2O3S/c1-2-19-11-5-6-12(15)13(7-11)20(18)9-14(17)16-8-10-3-4-10/h5-7,10H,2-4,8-9,15H2,1H3,(H,16,17). The Kier molecular flexibility index (Phi) is 5.00. The first-order valence-corrected chi connectivity index (χ1v) is 8.09. The molecule has 110 valence electrons. The maximum absolute atomic E-state index is 12.2. The van der Waals surface area contributed by atoms with Crippen molar-refractivity contribution in [2.75, 3.05) is 24.6 Å². The predicted molar refractivity (Wildman–Crippen MR) is 79.0 cm³/mol. The number of anilines is 1. The van der Waals surface area contributed by atoms with Crippen LogP contribution in [-0.4, -0.2) is 29.0 Å². The Bertz CT molecular complexity index is 515. The highest BCUT2D eigenvalue weighted by Gasteiger charge is 2.22. The molecule has 0 saturated heterocycles. The summed E-state index contributed by atoms with van der Waals surface area (Å²) in [5.41, 5.74) is 6.23. The SMILES string of the molecule is CCOc1ccc(N)c(S(=O)CC(=O)NCC2CC2)c1. The van der Waals surface area contributed by atoms with Crippen molar-refractivity contribution >= 4 is 22.4 Å². The lowest BCUT2D eigenvalue weighted by Gasteiger charge is -2.09. The molecule has 1 aromatic carbocycles. The highest BCUT2D eigenvalue weighted by Crippen LogP contribution is 2.27. The van der Waals surface area contributed by atoms with Crippen LogP contribution in [0.2, 0.25) is 0 Å². The van der Waals surface area contributed by atoms with Gasteiger partial charge in [-0.05, 0) is 43.9 Å². The van der Waals surface area contributed by atoms with Gasteiger partial charge in [0.25, 0.3) is 0 Å². The van der Waals surface area contributed by atoms with Crippen LogP contribution < -0.4 is 15.8 Å². The second-order valence-corrected chi connectivity index (χ2v) is 6.29. The van der Waals surface area contributed by atoms with Crippen LogP contribution in [0.3, 0.4) is 0 Å². The smallest absolute Gasteiger partial charge is 0.233 e. The number of carbonyl (C=O) groups is 1. The number of amides is 1. The number of nitrogen functional groups attached to an aromatic ring is 1. The van der Waals surface area contributed by atoms with Gasteiger partial charge in [0.15, 0.2) is 0 Å². The van der Waals surface area contributed by atoms with Crippen LogP contribution in [0, 0.1) is 5.92 Å². The number of hydrogen-bond donors (Lipinski definition) is 2. The van der Waals surface area contributed by atoms with Crippen molar-refractivity contribution in [3.05, 3.63) is 18.2 Å². The van der Waals surface area contributed by atoms with Crippen LogP contribution in [0.4, 0.5) is 5.69 Å². The first-order chi connectivity index (χ1) is 9.60. The summed E-state index contributed by atoms with van der Waals surface area (Å²) in [6, 6.07) is 5.02. The molecule has 1 saturated carbocycles. The zero-order valence-electron chi connectivity index (χ0n) is 11.6. The summed E-state index contributed by atoms with van der Waals surface area (Å²) >= 11 is 0. The van der Waals surface area contributed by atoms with Gasteiger partial charge in [-0.25, -0.2) is 0 Å². The van der Waals surface area contributed by atoms with Crippen LogP contribution in [0.15, 0.2) is 23.1 Å². The molecule has 2 rings (SSSR count). The highest BCUT2D eigenvalue weighted by molar-refractivity contribution is 7.86. The Hall–Kier alpha value is -1.56. The van der Waals surface area contributed by atoms with Gasteiger partial charge in [0.2, 0.25) is 5.91 Å². The average molecular weight is 296 g/mol. The lowest BCUT2D eigenvalue weighted by molar-refractivity contribution is -0.118. The molecule has 20 heavy (non-hydrogen) atoms. The number of benzene rings is 1. The van der Waals surface area contributed by atoms with Gasteiger partial charge in [-0.1, -0.05) is 0 Å². The average Bonchev–Trinajstić information content (AvgIpc) is 3.23. The van der Waals surface area contributed by atoms with E-state index in [0.29, 0.717) is 35.4 Å². The molecule has 3 N–H and O–H groups in total. The zero-order valence-corrected chi connectivity index (χ0v) is 12.4. The van der Waals surface area contributed by atoms with Crippen LogP contribution in [-0.2, 0) is 15.6 Å². The first kappa shape index (κ1) is 14.8. The minimum absolute atomic E-state index is 0.0630. The maximum atomic E-state index is 12.2. The van der Waals surface area contributed by atoms with E-state index in [-0.39, 0.29) is 11.7 Å². The zero-order chi connectivity index (χ0) is 14.5. The van der Waals surface area contributed by atoms with E-state index in [0.717, 1.165) is 0 Å². The number of nitrogens with one attached hydrogen (secondary N) is 1. The maximum Gasteiger partial charge on any atom is 0.233 e. The van der Waals surface area contributed by atoms with Crippen LogP contribution in [0.1, 0.15) is 19.8 Å². The van der Waals surface area contributed by atoms with E-state index >= 15 is 0 Å². The van der Waals surface area contributed by atoms with Crippen molar-refractivity contribution in [1.29, 1.82) is 0 Å². The van der Waals surface area contributed by atoms with Crippen molar-refractivity contribution in [1.82, 2.24) is 5.32 Å². The molecule has 1 atom stereocenters. The highest BCUT2D eigenvalue weighted by atomic mass is 32.2. The molecule has 0 radical (unpaired) electrons.